The topological polar surface area (TPSA) is 70.5 Å². The van der Waals surface area contributed by atoms with Crippen LogP contribution in [0.2, 0.25) is 0 Å². The number of aromatic nitrogens is 1. The Hall–Kier alpha value is -2.21. The van der Waals surface area contributed by atoms with Gasteiger partial charge in [-0.1, -0.05) is 15.9 Å². The van der Waals surface area contributed by atoms with E-state index in [0.29, 0.717) is 41.6 Å². The highest BCUT2D eigenvalue weighted by Crippen LogP contribution is 2.36. The summed E-state index contributed by atoms with van der Waals surface area (Å²) in [4.78, 5) is 4.48. The number of hydrogen-bond donors (Lipinski definition) is 1. The average molecular weight is 347 g/mol. The van der Waals surface area contributed by atoms with Gasteiger partial charge in [0.25, 0.3) is 0 Å². The Bertz CT molecular complexity index is 844. The van der Waals surface area contributed by atoms with Gasteiger partial charge in [0, 0.05) is 10.0 Å². The molecule has 5 nitrogen and oxygen atoms in total. The third kappa shape index (κ3) is 2.12. The highest BCUT2D eigenvalue weighted by Gasteiger charge is 2.16. The van der Waals surface area contributed by atoms with Crippen LogP contribution in [0.25, 0.3) is 22.6 Å². The Labute approximate surface area is 128 Å². The SMILES string of the molecule is Nc1cc(Br)cc2nc(-c3ccc4c(c3)OCCO4)oc12. The molecule has 1 aliphatic heterocycles. The van der Waals surface area contributed by atoms with E-state index in [1.165, 1.54) is 0 Å². The number of nitrogens with zero attached hydrogens (tertiary/aromatic N) is 1. The van der Waals surface area contributed by atoms with Crippen LogP contribution in [0.3, 0.4) is 0 Å². The van der Waals surface area contributed by atoms with Gasteiger partial charge < -0.3 is 19.6 Å². The molecule has 2 N–H and O–H groups in total. The van der Waals surface area contributed by atoms with Gasteiger partial charge in [-0.15, -0.1) is 0 Å². The summed E-state index contributed by atoms with van der Waals surface area (Å²) in [5.74, 6) is 1.95. The fraction of sp³-hybridized carbons (Fsp3) is 0.133. The number of rotatable bonds is 1. The van der Waals surface area contributed by atoms with Gasteiger partial charge in [0.05, 0.1) is 5.69 Å². The molecular weight excluding hydrogens is 336 g/mol. The number of fused-ring (bicyclic) bond motifs is 2. The first-order valence-electron chi connectivity index (χ1n) is 6.46. The van der Waals surface area contributed by atoms with E-state index in [2.05, 4.69) is 20.9 Å². The third-order valence-electron chi connectivity index (χ3n) is 3.27. The first-order valence-corrected chi connectivity index (χ1v) is 7.25. The van der Waals surface area contributed by atoms with Crippen LogP contribution < -0.4 is 15.2 Å². The predicted molar refractivity (Wildman–Crippen MR) is 82.5 cm³/mol. The van der Waals surface area contributed by atoms with Crippen molar-refractivity contribution in [1.29, 1.82) is 0 Å². The van der Waals surface area contributed by atoms with Crippen molar-refractivity contribution in [3.8, 4) is 23.0 Å². The summed E-state index contributed by atoms with van der Waals surface area (Å²) in [6.07, 6.45) is 0. The van der Waals surface area contributed by atoms with Crippen LogP contribution in [0.5, 0.6) is 11.5 Å². The standard InChI is InChI=1S/C15H11BrN2O3/c16-9-6-10(17)14-11(7-9)18-15(21-14)8-1-2-12-13(5-8)20-4-3-19-12/h1-2,5-7H,3-4,17H2. The molecule has 0 unspecified atom stereocenters. The maximum atomic E-state index is 5.95. The molecule has 0 saturated heterocycles. The summed E-state index contributed by atoms with van der Waals surface area (Å²) < 4.78 is 17.7. The van der Waals surface area contributed by atoms with Crippen molar-refractivity contribution >= 4 is 32.7 Å². The number of ether oxygens (including phenoxy) is 2. The van der Waals surface area contributed by atoms with Crippen LogP contribution in [-0.2, 0) is 0 Å². The molecule has 6 heteroatoms. The third-order valence-corrected chi connectivity index (χ3v) is 3.73. The van der Waals surface area contributed by atoms with Gasteiger partial charge in [0.15, 0.2) is 17.1 Å². The average Bonchev–Trinajstić information content (AvgIpc) is 2.91. The first kappa shape index (κ1) is 12.5. The largest absolute Gasteiger partial charge is 0.486 e. The molecule has 2 heterocycles. The Balaban J connectivity index is 1.84. The van der Waals surface area contributed by atoms with Crippen molar-refractivity contribution in [2.24, 2.45) is 0 Å². The quantitative estimate of drug-likeness (QED) is 0.681. The van der Waals surface area contributed by atoms with Gasteiger partial charge in [0.2, 0.25) is 5.89 Å². The van der Waals surface area contributed by atoms with Crippen molar-refractivity contribution in [2.75, 3.05) is 18.9 Å². The Kier molecular flexibility index (Phi) is 2.78. The molecule has 0 saturated carbocycles. The van der Waals surface area contributed by atoms with E-state index in [0.717, 1.165) is 15.8 Å². The molecule has 0 aliphatic carbocycles. The van der Waals surface area contributed by atoms with Crippen LogP contribution in [0.1, 0.15) is 0 Å². The van der Waals surface area contributed by atoms with Gasteiger partial charge >= 0.3 is 0 Å². The van der Waals surface area contributed by atoms with Gasteiger partial charge in [-0.2, -0.15) is 0 Å². The molecule has 106 valence electrons. The highest BCUT2D eigenvalue weighted by atomic mass is 79.9. The number of oxazole rings is 1. The van der Waals surface area contributed by atoms with Gasteiger partial charge in [-0.05, 0) is 30.3 Å². The van der Waals surface area contributed by atoms with Crippen molar-refractivity contribution in [3.63, 3.8) is 0 Å². The lowest BCUT2D eigenvalue weighted by atomic mass is 10.2. The Morgan fingerprint density at radius 2 is 1.86 bits per heavy atom. The zero-order valence-corrected chi connectivity index (χ0v) is 12.5. The predicted octanol–water partition coefficient (Wildman–Crippen LogP) is 3.61. The van der Waals surface area contributed by atoms with Crippen LogP contribution in [0, 0.1) is 0 Å². The van der Waals surface area contributed by atoms with E-state index in [1.54, 1.807) is 6.07 Å². The molecule has 0 radical (unpaired) electrons. The molecule has 1 aliphatic rings. The fourth-order valence-corrected chi connectivity index (χ4v) is 2.79. The monoisotopic (exact) mass is 346 g/mol. The number of anilines is 1. The zero-order chi connectivity index (χ0) is 14.4. The van der Waals surface area contributed by atoms with E-state index in [9.17, 15) is 0 Å². The highest BCUT2D eigenvalue weighted by molar-refractivity contribution is 9.10. The summed E-state index contributed by atoms with van der Waals surface area (Å²) in [6.45, 7) is 1.11. The second-order valence-electron chi connectivity index (χ2n) is 4.72. The number of benzene rings is 2. The second-order valence-corrected chi connectivity index (χ2v) is 5.64. The Morgan fingerprint density at radius 1 is 1.05 bits per heavy atom. The van der Waals surface area contributed by atoms with E-state index in [1.807, 2.05) is 24.3 Å². The number of nitrogens with two attached hydrogens (primary N) is 1. The van der Waals surface area contributed by atoms with E-state index in [-0.39, 0.29) is 0 Å². The molecule has 2 aromatic carbocycles. The van der Waals surface area contributed by atoms with Crippen LogP contribution in [0.15, 0.2) is 39.2 Å². The van der Waals surface area contributed by atoms with E-state index in [4.69, 9.17) is 19.6 Å². The number of halogens is 1. The molecule has 0 bridgehead atoms. The van der Waals surface area contributed by atoms with Gasteiger partial charge in [0.1, 0.15) is 18.7 Å². The van der Waals surface area contributed by atoms with Crippen molar-refractivity contribution in [1.82, 2.24) is 4.98 Å². The summed E-state index contributed by atoms with van der Waals surface area (Å²) in [7, 11) is 0. The zero-order valence-electron chi connectivity index (χ0n) is 10.9. The maximum Gasteiger partial charge on any atom is 0.227 e. The summed E-state index contributed by atoms with van der Waals surface area (Å²) in [5.41, 5.74) is 8.63. The van der Waals surface area contributed by atoms with Crippen LogP contribution in [-0.4, -0.2) is 18.2 Å². The lowest BCUT2D eigenvalue weighted by Gasteiger charge is -2.18. The van der Waals surface area contributed by atoms with E-state index >= 15 is 0 Å². The van der Waals surface area contributed by atoms with Crippen molar-refractivity contribution < 1.29 is 13.9 Å². The van der Waals surface area contributed by atoms with Crippen molar-refractivity contribution in [3.05, 3.63) is 34.8 Å². The first-order chi connectivity index (χ1) is 10.2. The smallest absolute Gasteiger partial charge is 0.227 e. The van der Waals surface area contributed by atoms with E-state index < -0.39 is 0 Å². The van der Waals surface area contributed by atoms with Crippen LogP contribution in [0.4, 0.5) is 5.69 Å². The van der Waals surface area contributed by atoms with Gasteiger partial charge in [-0.3, -0.25) is 0 Å². The fourth-order valence-electron chi connectivity index (χ4n) is 2.32. The number of hydrogen-bond acceptors (Lipinski definition) is 5. The molecule has 21 heavy (non-hydrogen) atoms. The summed E-state index contributed by atoms with van der Waals surface area (Å²) >= 11 is 3.40. The minimum atomic E-state index is 0.506. The molecular formula is C15H11BrN2O3. The molecule has 0 fully saturated rings. The number of nitrogen functional groups attached to an aromatic ring is 1. The lowest BCUT2D eigenvalue weighted by Crippen LogP contribution is -2.15. The summed E-state index contributed by atoms with van der Waals surface area (Å²) in [5, 5.41) is 0. The minimum Gasteiger partial charge on any atom is -0.486 e. The van der Waals surface area contributed by atoms with Crippen LogP contribution >= 0.6 is 15.9 Å². The molecule has 4 rings (SSSR count). The normalized spacial score (nSPS) is 13.6. The van der Waals surface area contributed by atoms with Gasteiger partial charge in [-0.25, -0.2) is 4.98 Å². The summed E-state index contributed by atoms with van der Waals surface area (Å²) in [6, 6.07) is 9.28. The maximum absolute atomic E-state index is 5.95. The lowest BCUT2D eigenvalue weighted by molar-refractivity contribution is 0.171. The molecule has 3 aromatic rings. The Morgan fingerprint density at radius 3 is 2.71 bits per heavy atom. The second kappa shape index (κ2) is 4.66. The molecule has 0 amide bonds. The molecule has 1 aromatic heterocycles. The van der Waals surface area contributed by atoms with Crippen molar-refractivity contribution in [2.45, 2.75) is 0 Å². The molecule has 0 spiro atoms. The minimum absolute atomic E-state index is 0.506. The molecule has 0 atom stereocenters.